The number of hydrogen-bond donors (Lipinski definition) is 1. The predicted octanol–water partition coefficient (Wildman–Crippen LogP) is 3.25. The number of hydrogen-bond acceptors (Lipinski definition) is 7. The van der Waals surface area contributed by atoms with Crippen LogP contribution in [0.25, 0.3) is 0 Å². The number of carbonyl (C=O) groups is 2. The molecule has 1 aliphatic rings. The smallest absolute Gasteiger partial charge is 0.338 e. The van der Waals surface area contributed by atoms with Crippen LogP contribution in [0.4, 0.5) is 17.1 Å². The van der Waals surface area contributed by atoms with E-state index in [0.717, 1.165) is 32.4 Å². The normalized spacial score (nSPS) is 13.2. The van der Waals surface area contributed by atoms with Gasteiger partial charge in [0.05, 0.1) is 21.7 Å². The molecular formula is C21H20N4O5. The van der Waals surface area contributed by atoms with Crippen LogP contribution >= 0.6 is 0 Å². The van der Waals surface area contributed by atoms with E-state index >= 15 is 0 Å². The molecule has 9 nitrogen and oxygen atoms in total. The number of carbonyl (C=O) groups excluding carboxylic acids is 2. The highest BCUT2D eigenvalue weighted by Gasteiger charge is 2.23. The van der Waals surface area contributed by atoms with Crippen molar-refractivity contribution < 1.29 is 19.2 Å². The van der Waals surface area contributed by atoms with Crippen molar-refractivity contribution in [1.29, 1.82) is 5.26 Å². The molecule has 9 heteroatoms. The fourth-order valence-electron chi connectivity index (χ4n) is 3.29. The maximum Gasteiger partial charge on any atom is 0.338 e. The molecule has 1 heterocycles. The van der Waals surface area contributed by atoms with E-state index in [2.05, 4.69) is 5.32 Å². The number of esters is 1. The lowest BCUT2D eigenvalue weighted by atomic mass is 10.1. The van der Waals surface area contributed by atoms with E-state index in [-0.39, 0.29) is 16.8 Å². The van der Waals surface area contributed by atoms with Gasteiger partial charge in [0, 0.05) is 19.2 Å². The van der Waals surface area contributed by atoms with E-state index in [4.69, 9.17) is 10.00 Å². The minimum Gasteiger partial charge on any atom is -0.452 e. The second-order valence-electron chi connectivity index (χ2n) is 6.79. The SMILES string of the molecule is N#Cc1ccccc1NC(=O)COC(=O)c1ccc(N2CCCCC2)c([N+](=O)[O-])c1. The summed E-state index contributed by atoms with van der Waals surface area (Å²) in [7, 11) is 0. The zero-order chi connectivity index (χ0) is 21.5. The lowest BCUT2D eigenvalue weighted by molar-refractivity contribution is -0.384. The minimum absolute atomic E-state index is 0.00677. The number of piperidine rings is 1. The highest BCUT2D eigenvalue weighted by Crippen LogP contribution is 2.31. The molecule has 0 aliphatic carbocycles. The van der Waals surface area contributed by atoms with Crippen molar-refractivity contribution in [3.05, 3.63) is 63.7 Å². The molecule has 0 saturated carbocycles. The number of amides is 1. The second kappa shape index (κ2) is 9.52. The molecule has 0 atom stereocenters. The first kappa shape index (κ1) is 20.8. The first-order valence-corrected chi connectivity index (χ1v) is 9.49. The first-order chi connectivity index (χ1) is 14.5. The van der Waals surface area contributed by atoms with Crippen LogP contribution < -0.4 is 10.2 Å². The standard InChI is InChI=1S/C21H20N4O5/c22-13-16-6-2-3-7-17(16)23-20(26)14-30-21(27)15-8-9-18(19(12-15)25(28)29)24-10-4-1-5-11-24/h2-3,6-9,12H,1,4-5,10-11,14H2,(H,23,26). The van der Waals surface area contributed by atoms with Gasteiger partial charge in [-0.3, -0.25) is 14.9 Å². The summed E-state index contributed by atoms with van der Waals surface area (Å²) in [5, 5.41) is 23.0. The predicted molar refractivity (Wildman–Crippen MR) is 109 cm³/mol. The Balaban J connectivity index is 1.66. The lowest BCUT2D eigenvalue weighted by Crippen LogP contribution is -2.30. The van der Waals surface area contributed by atoms with Crippen molar-refractivity contribution >= 4 is 28.9 Å². The summed E-state index contributed by atoms with van der Waals surface area (Å²) in [5.74, 6) is -1.46. The highest BCUT2D eigenvalue weighted by atomic mass is 16.6. The summed E-state index contributed by atoms with van der Waals surface area (Å²) >= 11 is 0. The molecule has 1 saturated heterocycles. The Morgan fingerprint density at radius 1 is 1.17 bits per heavy atom. The van der Waals surface area contributed by atoms with Gasteiger partial charge in [0.25, 0.3) is 11.6 Å². The monoisotopic (exact) mass is 408 g/mol. The number of benzene rings is 2. The fourth-order valence-corrected chi connectivity index (χ4v) is 3.29. The van der Waals surface area contributed by atoms with Crippen molar-refractivity contribution in [3.8, 4) is 6.07 Å². The Hall–Kier alpha value is -3.93. The van der Waals surface area contributed by atoms with Crippen LogP contribution in [0, 0.1) is 21.4 Å². The van der Waals surface area contributed by atoms with Gasteiger partial charge in [-0.05, 0) is 43.5 Å². The van der Waals surface area contributed by atoms with E-state index < -0.39 is 23.4 Å². The third kappa shape index (κ3) is 4.91. The number of anilines is 2. The number of nitrogens with one attached hydrogen (secondary N) is 1. The van der Waals surface area contributed by atoms with Crippen molar-refractivity contribution in [2.45, 2.75) is 19.3 Å². The fraction of sp³-hybridized carbons (Fsp3) is 0.286. The number of nitriles is 1. The van der Waals surface area contributed by atoms with Crippen LogP contribution in [0.2, 0.25) is 0 Å². The highest BCUT2D eigenvalue weighted by molar-refractivity contribution is 5.96. The summed E-state index contributed by atoms with van der Waals surface area (Å²) in [6.07, 6.45) is 3.02. The largest absolute Gasteiger partial charge is 0.452 e. The van der Waals surface area contributed by atoms with Crippen molar-refractivity contribution in [2.75, 3.05) is 29.9 Å². The Kier molecular flexibility index (Phi) is 6.60. The molecule has 0 radical (unpaired) electrons. The molecular weight excluding hydrogens is 388 g/mol. The number of ether oxygens (including phenoxy) is 1. The first-order valence-electron chi connectivity index (χ1n) is 9.49. The molecule has 3 rings (SSSR count). The Morgan fingerprint density at radius 3 is 2.60 bits per heavy atom. The topological polar surface area (TPSA) is 126 Å². The molecule has 0 bridgehead atoms. The molecule has 2 aromatic rings. The zero-order valence-electron chi connectivity index (χ0n) is 16.2. The van der Waals surface area contributed by atoms with E-state index in [1.165, 1.54) is 12.1 Å². The molecule has 1 aliphatic heterocycles. The summed E-state index contributed by atoms with van der Waals surface area (Å²) in [6.45, 7) is 0.879. The molecule has 0 aromatic heterocycles. The Morgan fingerprint density at radius 2 is 1.90 bits per heavy atom. The number of rotatable bonds is 6. The maximum absolute atomic E-state index is 12.3. The lowest BCUT2D eigenvalue weighted by Gasteiger charge is -2.28. The van der Waals surface area contributed by atoms with Gasteiger partial charge in [-0.15, -0.1) is 0 Å². The van der Waals surface area contributed by atoms with Crippen molar-refractivity contribution in [2.24, 2.45) is 0 Å². The van der Waals surface area contributed by atoms with Gasteiger partial charge in [-0.1, -0.05) is 12.1 Å². The average molecular weight is 408 g/mol. The quantitative estimate of drug-likeness (QED) is 0.442. The second-order valence-corrected chi connectivity index (χ2v) is 6.79. The van der Waals surface area contributed by atoms with Gasteiger partial charge < -0.3 is 15.0 Å². The van der Waals surface area contributed by atoms with E-state index in [1.807, 2.05) is 11.0 Å². The summed E-state index contributed by atoms with van der Waals surface area (Å²) < 4.78 is 4.99. The van der Waals surface area contributed by atoms with Gasteiger partial charge >= 0.3 is 5.97 Å². The van der Waals surface area contributed by atoms with E-state index in [9.17, 15) is 19.7 Å². The van der Waals surface area contributed by atoms with Crippen molar-refractivity contribution in [1.82, 2.24) is 0 Å². The van der Waals surface area contributed by atoms with Gasteiger partial charge in [0.2, 0.25) is 0 Å². The van der Waals surface area contributed by atoms with E-state index in [0.29, 0.717) is 11.4 Å². The average Bonchev–Trinajstić information content (AvgIpc) is 2.78. The van der Waals surface area contributed by atoms with Crippen LogP contribution in [0.3, 0.4) is 0 Å². The Labute approximate surface area is 173 Å². The molecule has 1 amide bonds. The summed E-state index contributed by atoms with van der Waals surface area (Å²) in [4.78, 5) is 37.3. The molecule has 0 unspecified atom stereocenters. The van der Waals surface area contributed by atoms with Gasteiger partial charge in [-0.25, -0.2) is 4.79 Å². The molecule has 0 spiro atoms. The zero-order valence-corrected chi connectivity index (χ0v) is 16.2. The number of nitrogens with zero attached hydrogens (tertiary/aromatic N) is 3. The molecule has 30 heavy (non-hydrogen) atoms. The van der Waals surface area contributed by atoms with Crippen LogP contribution in [0.1, 0.15) is 35.2 Å². The van der Waals surface area contributed by atoms with E-state index in [1.54, 1.807) is 30.3 Å². The number of para-hydroxylation sites is 1. The molecule has 1 N–H and O–H groups in total. The summed E-state index contributed by atoms with van der Waals surface area (Å²) in [5.41, 5.74) is 0.886. The summed E-state index contributed by atoms with van der Waals surface area (Å²) in [6, 6.07) is 12.6. The van der Waals surface area contributed by atoms with Gasteiger partial charge in [0.15, 0.2) is 6.61 Å². The van der Waals surface area contributed by atoms with Crippen molar-refractivity contribution in [3.63, 3.8) is 0 Å². The van der Waals surface area contributed by atoms with Crippen LogP contribution in [0.15, 0.2) is 42.5 Å². The third-order valence-electron chi connectivity index (χ3n) is 4.76. The minimum atomic E-state index is -0.841. The van der Waals surface area contributed by atoms with Crippen LogP contribution in [-0.2, 0) is 9.53 Å². The molecule has 154 valence electrons. The van der Waals surface area contributed by atoms with Crippen LogP contribution in [0.5, 0.6) is 0 Å². The number of nitro benzene ring substituents is 1. The Bertz CT molecular complexity index is 1010. The molecule has 1 fully saturated rings. The number of nitro groups is 1. The third-order valence-corrected chi connectivity index (χ3v) is 4.76. The van der Waals surface area contributed by atoms with Gasteiger partial charge in [0.1, 0.15) is 11.8 Å². The van der Waals surface area contributed by atoms with Gasteiger partial charge in [-0.2, -0.15) is 5.26 Å². The van der Waals surface area contributed by atoms with Crippen LogP contribution in [-0.4, -0.2) is 36.5 Å². The maximum atomic E-state index is 12.3. The molecule has 2 aromatic carbocycles.